The summed E-state index contributed by atoms with van der Waals surface area (Å²) in [6.45, 7) is 2.26. The standard InChI is InChI=1S/C16H16N4O5/c1-10-8-18(9-11(10)16(22)23)15(21)12-6-7-19(17-12)13-4-2-3-5-14(13)20(24)25/h2-7,10-11H,8-9H2,1H3,(H,22,23)/t10-,11-/m1/s1. The topological polar surface area (TPSA) is 119 Å². The summed E-state index contributed by atoms with van der Waals surface area (Å²) >= 11 is 0. The molecule has 1 aliphatic heterocycles. The Kier molecular flexibility index (Phi) is 4.22. The third kappa shape index (κ3) is 3.08. The van der Waals surface area contributed by atoms with E-state index in [1.54, 1.807) is 19.1 Å². The molecule has 3 rings (SSSR count). The Morgan fingerprint density at radius 3 is 2.64 bits per heavy atom. The summed E-state index contributed by atoms with van der Waals surface area (Å²) in [6, 6.07) is 7.56. The first-order valence-corrected chi connectivity index (χ1v) is 7.70. The number of para-hydroxylation sites is 2. The third-order valence-electron chi connectivity index (χ3n) is 4.35. The minimum atomic E-state index is -0.923. The van der Waals surface area contributed by atoms with Crippen molar-refractivity contribution in [2.45, 2.75) is 6.92 Å². The van der Waals surface area contributed by atoms with E-state index in [9.17, 15) is 19.7 Å². The molecule has 1 N–H and O–H groups in total. The van der Waals surface area contributed by atoms with Gasteiger partial charge in [-0.1, -0.05) is 19.1 Å². The van der Waals surface area contributed by atoms with Crippen molar-refractivity contribution in [1.29, 1.82) is 0 Å². The van der Waals surface area contributed by atoms with Gasteiger partial charge in [0.2, 0.25) is 0 Å². The van der Waals surface area contributed by atoms with Gasteiger partial charge in [0.1, 0.15) is 5.69 Å². The van der Waals surface area contributed by atoms with Crippen molar-refractivity contribution in [2.75, 3.05) is 13.1 Å². The van der Waals surface area contributed by atoms with Gasteiger partial charge in [0.25, 0.3) is 11.6 Å². The second-order valence-electron chi connectivity index (χ2n) is 6.02. The van der Waals surface area contributed by atoms with Crippen molar-refractivity contribution in [3.05, 3.63) is 52.3 Å². The summed E-state index contributed by atoms with van der Waals surface area (Å²) in [6.07, 6.45) is 1.48. The highest BCUT2D eigenvalue weighted by Crippen LogP contribution is 2.25. The third-order valence-corrected chi connectivity index (χ3v) is 4.35. The van der Waals surface area contributed by atoms with Gasteiger partial charge in [-0.3, -0.25) is 19.7 Å². The lowest BCUT2D eigenvalue weighted by molar-refractivity contribution is -0.384. The molecule has 2 aromatic rings. The molecular formula is C16H16N4O5. The van der Waals surface area contributed by atoms with Gasteiger partial charge in [-0.2, -0.15) is 5.10 Å². The molecule has 1 amide bonds. The second kappa shape index (κ2) is 6.34. The summed E-state index contributed by atoms with van der Waals surface area (Å²) in [4.78, 5) is 35.8. The number of benzene rings is 1. The summed E-state index contributed by atoms with van der Waals surface area (Å²) < 4.78 is 1.28. The van der Waals surface area contributed by atoms with Gasteiger partial charge < -0.3 is 10.0 Å². The van der Waals surface area contributed by atoms with Gasteiger partial charge in [0.05, 0.1) is 10.8 Å². The molecule has 0 aliphatic carbocycles. The van der Waals surface area contributed by atoms with E-state index in [1.165, 1.54) is 34.0 Å². The smallest absolute Gasteiger partial charge is 0.308 e. The normalized spacial score (nSPS) is 19.8. The average molecular weight is 344 g/mol. The molecule has 0 unspecified atom stereocenters. The van der Waals surface area contributed by atoms with Crippen molar-refractivity contribution in [1.82, 2.24) is 14.7 Å². The van der Waals surface area contributed by atoms with E-state index in [2.05, 4.69) is 5.10 Å². The number of likely N-dealkylation sites (tertiary alicyclic amines) is 1. The maximum Gasteiger partial charge on any atom is 0.308 e. The maximum absolute atomic E-state index is 12.5. The van der Waals surface area contributed by atoms with Crippen LogP contribution < -0.4 is 0 Å². The minimum Gasteiger partial charge on any atom is -0.481 e. The lowest BCUT2D eigenvalue weighted by atomic mass is 9.99. The molecule has 0 saturated carbocycles. The molecule has 9 heteroatoms. The van der Waals surface area contributed by atoms with Gasteiger partial charge >= 0.3 is 5.97 Å². The van der Waals surface area contributed by atoms with Gasteiger partial charge in [0, 0.05) is 25.4 Å². The van der Waals surface area contributed by atoms with E-state index in [4.69, 9.17) is 5.11 Å². The van der Waals surface area contributed by atoms with Crippen LogP contribution in [0.1, 0.15) is 17.4 Å². The lowest BCUT2D eigenvalue weighted by Gasteiger charge is -2.14. The molecule has 1 aromatic heterocycles. The predicted octanol–water partition coefficient (Wildman–Crippen LogP) is 1.57. The largest absolute Gasteiger partial charge is 0.481 e. The highest BCUT2D eigenvalue weighted by atomic mass is 16.6. The Labute approximate surface area is 142 Å². The first-order chi connectivity index (χ1) is 11.9. The molecule has 25 heavy (non-hydrogen) atoms. The van der Waals surface area contributed by atoms with E-state index in [1.807, 2.05) is 0 Å². The quantitative estimate of drug-likeness (QED) is 0.664. The molecule has 1 aliphatic rings. The number of carbonyl (C=O) groups is 2. The lowest BCUT2D eigenvalue weighted by Crippen LogP contribution is -2.30. The Morgan fingerprint density at radius 1 is 1.28 bits per heavy atom. The Morgan fingerprint density at radius 2 is 2.00 bits per heavy atom. The van der Waals surface area contributed by atoms with Crippen LogP contribution in [-0.4, -0.2) is 49.7 Å². The number of aromatic nitrogens is 2. The molecule has 0 radical (unpaired) electrons. The monoisotopic (exact) mass is 344 g/mol. The number of nitrogens with zero attached hydrogens (tertiary/aromatic N) is 4. The number of carboxylic acids is 1. The number of aliphatic carboxylic acids is 1. The Hall–Kier alpha value is -3.23. The number of nitro groups is 1. The number of rotatable bonds is 4. The number of hydrogen-bond donors (Lipinski definition) is 1. The van der Waals surface area contributed by atoms with Crippen LogP contribution in [0, 0.1) is 22.0 Å². The van der Waals surface area contributed by atoms with Crippen LogP contribution in [0.15, 0.2) is 36.5 Å². The van der Waals surface area contributed by atoms with Gasteiger partial charge in [-0.05, 0) is 18.1 Å². The molecule has 1 aromatic carbocycles. The molecule has 0 bridgehead atoms. The maximum atomic E-state index is 12.5. The number of carboxylic acid groups (broad SMARTS) is 1. The van der Waals surface area contributed by atoms with Gasteiger partial charge in [-0.25, -0.2) is 4.68 Å². The highest BCUT2D eigenvalue weighted by molar-refractivity contribution is 5.93. The zero-order valence-electron chi connectivity index (χ0n) is 13.4. The molecule has 9 nitrogen and oxygen atoms in total. The zero-order chi connectivity index (χ0) is 18.1. The first kappa shape index (κ1) is 16.6. The summed E-state index contributed by atoms with van der Waals surface area (Å²) in [5, 5.41) is 24.4. The van der Waals surface area contributed by atoms with Crippen LogP contribution in [0.2, 0.25) is 0 Å². The fourth-order valence-corrected chi connectivity index (χ4v) is 3.00. The van der Waals surface area contributed by atoms with E-state index in [0.29, 0.717) is 6.54 Å². The van der Waals surface area contributed by atoms with Crippen molar-refractivity contribution < 1.29 is 19.6 Å². The van der Waals surface area contributed by atoms with Crippen LogP contribution in [-0.2, 0) is 4.79 Å². The SMILES string of the molecule is C[C@@H]1CN(C(=O)c2ccn(-c3ccccc3[N+](=O)[O-])n2)C[C@H]1C(=O)O. The fourth-order valence-electron chi connectivity index (χ4n) is 3.00. The second-order valence-corrected chi connectivity index (χ2v) is 6.02. The van der Waals surface area contributed by atoms with E-state index < -0.39 is 16.8 Å². The molecule has 130 valence electrons. The van der Waals surface area contributed by atoms with Crippen LogP contribution in [0.25, 0.3) is 5.69 Å². The Bertz CT molecular complexity index is 847. The number of hydrogen-bond acceptors (Lipinski definition) is 5. The molecule has 2 atom stereocenters. The van der Waals surface area contributed by atoms with Crippen LogP contribution in [0.5, 0.6) is 0 Å². The molecule has 1 saturated heterocycles. The van der Waals surface area contributed by atoms with E-state index in [-0.39, 0.29) is 35.4 Å². The van der Waals surface area contributed by atoms with Crippen molar-refractivity contribution in [3.63, 3.8) is 0 Å². The van der Waals surface area contributed by atoms with Crippen LogP contribution in [0.4, 0.5) is 5.69 Å². The summed E-state index contributed by atoms with van der Waals surface area (Å²) in [5.41, 5.74) is 0.256. The average Bonchev–Trinajstić information content (AvgIpc) is 3.21. The van der Waals surface area contributed by atoms with Gasteiger partial charge in [-0.15, -0.1) is 0 Å². The predicted molar refractivity (Wildman–Crippen MR) is 86.4 cm³/mol. The van der Waals surface area contributed by atoms with E-state index in [0.717, 1.165) is 0 Å². The van der Waals surface area contributed by atoms with Crippen molar-refractivity contribution in [2.24, 2.45) is 11.8 Å². The summed E-state index contributed by atoms with van der Waals surface area (Å²) in [7, 11) is 0. The van der Waals surface area contributed by atoms with Crippen LogP contribution >= 0.6 is 0 Å². The molecule has 0 spiro atoms. The molecule has 1 fully saturated rings. The molecular weight excluding hydrogens is 328 g/mol. The number of carbonyl (C=O) groups excluding carboxylic acids is 1. The molecule has 2 heterocycles. The van der Waals surface area contributed by atoms with E-state index >= 15 is 0 Å². The van der Waals surface area contributed by atoms with Crippen molar-refractivity contribution in [3.8, 4) is 5.69 Å². The highest BCUT2D eigenvalue weighted by Gasteiger charge is 2.37. The van der Waals surface area contributed by atoms with Crippen molar-refractivity contribution >= 4 is 17.6 Å². The fraction of sp³-hybridized carbons (Fsp3) is 0.312. The van der Waals surface area contributed by atoms with Gasteiger partial charge in [0.15, 0.2) is 5.69 Å². The number of amides is 1. The Balaban J connectivity index is 1.84. The number of nitro benzene ring substituents is 1. The van der Waals surface area contributed by atoms with Crippen LogP contribution in [0.3, 0.4) is 0 Å². The first-order valence-electron chi connectivity index (χ1n) is 7.70. The summed E-state index contributed by atoms with van der Waals surface area (Å²) in [5.74, 6) is -2.04. The minimum absolute atomic E-state index is 0.120. The zero-order valence-corrected chi connectivity index (χ0v) is 13.4.